The fraction of sp³-hybridized carbons (Fsp3) is 0.207. The van der Waals surface area contributed by atoms with Gasteiger partial charge in [0.05, 0.1) is 21.3 Å². The number of rotatable bonds is 9. The van der Waals surface area contributed by atoms with Crippen LogP contribution in [-0.4, -0.2) is 59.3 Å². The number of fused-ring (bicyclic) bond motifs is 1. The van der Waals surface area contributed by atoms with Crippen LogP contribution in [0.3, 0.4) is 0 Å². The lowest BCUT2D eigenvalue weighted by Crippen LogP contribution is -2.42. The van der Waals surface area contributed by atoms with Crippen LogP contribution >= 0.6 is 27.7 Å². The molecule has 1 saturated heterocycles. The van der Waals surface area contributed by atoms with Crippen LogP contribution in [-0.2, 0) is 14.6 Å². The van der Waals surface area contributed by atoms with Crippen molar-refractivity contribution in [2.75, 3.05) is 24.2 Å². The van der Waals surface area contributed by atoms with E-state index in [9.17, 15) is 18.4 Å². The number of nitrogens with zero attached hydrogens (tertiary/aromatic N) is 5. The summed E-state index contributed by atoms with van der Waals surface area (Å²) in [5.74, 6) is 0.296. The average molecular weight is 698 g/mol. The topological polar surface area (TPSA) is 154 Å². The Morgan fingerprint density at radius 2 is 1.82 bits per heavy atom. The first kappa shape index (κ1) is 29.8. The number of sulfone groups is 1. The number of amides is 1. The lowest BCUT2D eigenvalue weighted by Gasteiger charge is -2.31. The van der Waals surface area contributed by atoms with E-state index in [1.54, 1.807) is 23.1 Å². The number of carbonyl (C=O) groups excluding carboxylic acids is 1. The van der Waals surface area contributed by atoms with Gasteiger partial charge in [-0.3, -0.25) is 9.42 Å². The molecule has 0 aliphatic carbocycles. The molecule has 0 bridgehead atoms. The number of benzene rings is 3. The van der Waals surface area contributed by atoms with E-state index < -0.39 is 26.8 Å². The Balaban J connectivity index is 1.08. The molecular weight excluding hydrogens is 672 g/mol. The molecule has 0 unspecified atom stereocenters. The zero-order valence-electron chi connectivity index (χ0n) is 23.0. The number of para-hydroxylation sites is 1. The summed E-state index contributed by atoms with van der Waals surface area (Å²) >= 11 is 4.74. The summed E-state index contributed by atoms with van der Waals surface area (Å²) in [6, 6.07) is 22.9. The Kier molecular flexibility index (Phi) is 8.68. The van der Waals surface area contributed by atoms with E-state index in [1.807, 2.05) is 48.5 Å². The average Bonchev–Trinajstić information content (AvgIpc) is 3.41. The Labute approximate surface area is 265 Å². The molecule has 1 fully saturated rings. The van der Waals surface area contributed by atoms with Gasteiger partial charge >= 0.3 is 10.9 Å². The molecule has 44 heavy (non-hydrogen) atoms. The van der Waals surface area contributed by atoms with E-state index in [0.29, 0.717) is 36.9 Å². The van der Waals surface area contributed by atoms with Crippen molar-refractivity contribution in [1.82, 2.24) is 20.0 Å². The number of carbonyl (C=O) groups is 1. The van der Waals surface area contributed by atoms with Crippen molar-refractivity contribution < 1.29 is 27.5 Å². The van der Waals surface area contributed by atoms with Crippen LogP contribution in [0, 0.1) is 5.21 Å². The van der Waals surface area contributed by atoms with Gasteiger partial charge in [0.25, 0.3) is 9.84 Å². The van der Waals surface area contributed by atoms with Crippen molar-refractivity contribution in [1.29, 1.82) is 0 Å². The smallest absolute Gasteiger partial charge is 0.415 e. The summed E-state index contributed by atoms with van der Waals surface area (Å²) < 4.78 is 37.4. The zero-order chi connectivity index (χ0) is 30.7. The monoisotopic (exact) mass is 696 g/mol. The summed E-state index contributed by atoms with van der Waals surface area (Å²) in [5.41, 5.74) is 1.62. The van der Waals surface area contributed by atoms with Crippen LogP contribution in [0.2, 0.25) is 0 Å². The van der Waals surface area contributed by atoms with Crippen molar-refractivity contribution >= 4 is 65.8 Å². The Morgan fingerprint density at radius 3 is 2.59 bits per heavy atom. The normalized spacial score (nSPS) is 14.1. The van der Waals surface area contributed by atoms with E-state index in [-0.39, 0.29) is 21.5 Å². The predicted molar refractivity (Wildman–Crippen MR) is 165 cm³/mol. The maximum absolute atomic E-state index is 13.1. The lowest BCUT2D eigenvalue weighted by atomic mass is 10.1. The van der Waals surface area contributed by atoms with Crippen molar-refractivity contribution in [2.45, 2.75) is 34.0 Å². The molecule has 1 aliphatic rings. The Hall–Kier alpha value is -4.21. The SMILES string of the molecule is O=C(CSc1nc(Nc2cccc(Br)c2)c2ccccc2n1)N1CCC(Oc2no[n+]([O-])c2S(=O)(=O)c2ccccc2)CC1. The zero-order valence-corrected chi connectivity index (χ0v) is 26.2. The molecule has 15 heteroatoms. The van der Waals surface area contributed by atoms with Gasteiger partial charge in [-0.05, 0) is 47.4 Å². The van der Waals surface area contributed by atoms with E-state index >= 15 is 0 Å². The van der Waals surface area contributed by atoms with Gasteiger partial charge in [0.15, 0.2) is 5.16 Å². The molecule has 5 aromatic rings. The number of likely N-dealkylation sites (tertiary alicyclic amines) is 1. The molecule has 0 radical (unpaired) electrons. The van der Waals surface area contributed by atoms with Crippen LogP contribution in [0.15, 0.2) is 103 Å². The molecular formula is C29H25BrN6O6S2. The van der Waals surface area contributed by atoms with Crippen molar-refractivity contribution in [2.24, 2.45) is 0 Å². The minimum absolute atomic E-state index is 0.0815. The molecule has 3 heterocycles. The van der Waals surface area contributed by atoms with Gasteiger partial charge in [-0.1, -0.05) is 64.1 Å². The molecule has 1 N–H and O–H groups in total. The number of ether oxygens (including phenoxy) is 1. The fourth-order valence-electron chi connectivity index (χ4n) is 4.74. The van der Waals surface area contributed by atoms with Crippen LogP contribution in [0.5, 0.6) is 5.88 Å². The van der Waals surface area contributed by atoms with Gasteiger partial charge in [-0.15, -0.1) is 0 Å². The maximum Gasteiger partial charge on any atom is 0.415 e. The molecule has 226 valence electrons. The molecule has 0 atom stereocenters. The van der Waals surface area contributed by atoms with Crippen LogP contribution in [0.4, 0.5) is 11.5 Å². The van der Waals surface area contributed by atoms with E-state index in [2.05, 4.69) is 36.0 Å². The highest BCUT2D eigenvalue weighted by molar-refractivity contribution is 9.10. The van der Waals surface area contributed by atoms with Crippen molar-refractivity contribution in [3.05, 3.63) is 88.5 Å². The highest BCUT2D eigenvalue weighted by Crippen LogP contribution is 2.30. The first-order valence-corrected chi connectivity index (χ1v) is 16.8. The standard InChI is InChI=1S/C29H25BrN6O6S2/c30-19-7-6-8-20(17-19)31-26-23-11-4-5-12-24(23)32-29(33-26)43-18-25(37)35-15-13-21(14-16-35)41-27-28(36(38)42-34-27)44(39,40)22-9-2-1-3-10-22/h1-12,17,21H,13-16,18H2,(H,31,32,33). The van der Waals surface area contributed by atoms with Crippen LogP contribution in [0.1, 0.15) is 12.8 Å². The minimum Gasteiger partial charge on any atom is -0.451 e. The minimum atomic E-state index is -4.22. The molecule has 12 nitrogen and oxygen atoms in total. The number of thioether (sulfide) groups is 1. The summed E-state index contributed by atoms with van der Waals surface area (Å²) in [7, 11) is -4.22. The van der Waals surface area contributed by atoms with Crippen LogP contribution < -0.4 is 15.0 Å². The lowest BCUT2D eigenvalue weighted by molar-refractivity contribution is -0.832. The van der Waals surface area contributed by atoms with Gasteiger partial charge in [-0.25, -0.2) is 18.4 Å². The number of nitrogens with one attached hydrogen (secondary N) is 1. The molecule has 0 spiro atoms. The van der Waals surface area contributed by atoms with Gasteiger partial charge in [-0.2, -0.15) is 0 Å². The molecule has 2 aromatic heterocycles. The second-order valence-corrected chi connectivity index (χ2v) is 13.6. The number of hydrogen-bond acceptors (Lipinski definition) is 11. The summed E-state index contributed by atoms with van der Waals surface area (Å²) in [4.78, 5) is 23.9. The second-order valence-electron chi connectivity index (χ2n) is 9.85. The third-order valence-corrected chi connectivity index (χ3v) is 9.97. The number of anilines is 2. The first-order chi connectivity index (χ1) is 21.3. The number of halogens is 1. The van der Waals surface area contributed by atoms with Crippen LogP contribution in [0.25, 0.3) is 10.9 Å². The Bertz CT molecular complexity index is 1920. The maximum atomic E-state index is 13.1. The highest BCUT2D eigenvalue weighted by atomic mass is 79.9. The third-order valence-electron chi connectivity index (χ3n) is 6.92. The summed E-state index contributed by atoms with van der Waals surface area (Å²) in [6.45, 7) is 0.767. The fourth-order valence-corrected chi connectivity index (χ4v) is 7.18. The summed E-state index contributed by atoms with van der Waals surface area (Å²) in [6.07, 6.45) is 0.372. The second kappa shape index (κ2) is 12.8. The first-order valence-electron chi connectivity index (χ1n) is 13.5. The van der Waals surface area contributed by atoms with Crippen molar-refractivity contribution in [3.63, 3.8) is 0 Å². The quantitative estimate of drug-likeness (QED) is 0.129. The van der Waals surface area contributed by atoms with Gasteiger partial charge < -0.3 is 20.2 Å². The van der Waals surface area contributed by atoms with E-state index in [0.717, 1.165) is 21.1 Å². The largest absolute Gasteiger partial charge is 0.451 e. The molecule has 1 amide bonds. The molecule has 3 aromatic carbocycles. The third kappa shape index (κ3) is 6.49. The van der Waals surface area contributed by atoms with Gasteiger partial charge in [0, 0.05) is 41.5 Å². The van der Waals surface area contributed by atoms with E-state index in [1.165, 1.54) is 23.9 Å². The summed E-state index contributed by atoms with van der Waals surface area (Å²) in [5, 5.41) is 19.7. The van der Waals surface area contributed by atoms with E-state index in [4.69, 9.17) is 9.72 Å². The number of aromatic nitrogens is 4. The molecule has 1 aliphatic heterocycles. The molecule has 0 saturated carbocycles. The van der Waals surface area contributed by atoms with Gasteiger partial charge in [0.2, 0.25) is 5.91 Å². The number of piperidine rings is 1. The van der Waals surface area contributed by atoms with Gasteiger partial charge in [0.1, 0.15) is 11.9 Å². The highest BCUT2D eigenvalue weighted by Gasteiger charge is 2.37. The van der Waals surface area contributed by atoms with Crippen molar-refractivity contribution in [3.8, 4) is 5.88 Å². The predicted octanol–water partition coefficient (Wildman–Crippen LogP) is 4.75. The Morgan fingerprint density at radius 1 is 1.07 bits per heavy atom. The molecule has 6 rings (SSSR count). The number of hydrogen-bond donors (Lipinski definition) is 1.